The van der Waals surface area contributed by atoms with Gasteiger partial charge in [0.2, 0.25) is 5.91 Å². The van der Waals surface area contributed by atoms with Gasteiger partial charge >= 0.3 is 0 Å². The van der Waals surface area contributed by atoms with Gasteiger partial charge < -0.3 is 19.6 Å². The first-order chi connectivity index (χ1) is 14.6. The molecule has 4 heterocycles. The monoisotopic (exact) mass is 434 g/mol. The van der Waals surface area contributed by atoms with Gasteiger partial charge in [0, 0.05) is 43.6 Å². The molecule has 3 saturated heterocycles. The fourth-order valence-electron chi connectivity index (χ4n) is 5.83. The summed E-state index contributed by atoms with van der Waals surface area (Å²) in [5.74, 6) is 1.17. The summed E-state index contributed by atoms with van der Waals surface area (Å²) in [5, 5.41) is 11.4. The Bertz CT molecular complexity index is 851. The molecule has 1 aromatic rings. The lowest BCUT2D eigenvalue weighted by atomic mass is 9.73. The van der Waals surface area contributed by atoms with Crippen molar-refractivity contribution in [3.63, 3.8) is 0 Å². The number of carbonyl (C=O) groups is 3. The number of rotatable bonds is 6. The molecular formula is C22H34N4O5. The summed E-state index contributed by atoms with van der Waals surface area (Å²) in [6.07, 6.45) is 2.97. The van der Waals surface area contributed by atoms with Gasteiger partial charge in [-0.3, -0.25) is 19.1 Å². The lowest BCUT2D eigenvalue weighted by Gasteiger charge is -2.30. The number of aryl methyl sites for hydroxylation is 2. The Labute approximate surface area is 183 Å². The Kier molecular flexibility index (Phi) is 6.85. The normalized spacial score (nSPS) is 28.5. The lowest BCUT2D eigenvalue weighted by Crippen LogP contribution is -2.40. The van der Waals surface area contributed by atoms with E-state index < -0.39 is 0 Å². The molecule has 2 bridgehead atoms. The summed E-state index contributed by atoms with van der Waals surface area (Å²) in [4.78, 5) is 37.3. The van der Waals surface area contributed by atoms with E-state index in [1.807, 2.05) is 18.7 Å². The van der Waals surface area contributed by atoms with E-state index in [2.05, 4.69) is 24.1 Å². The highest BCUT2D eigenvalue weighted by Crippen LogP contribution is 2.54. The van der Waals surface area contributed by atoms with E-state index in [-0.39, 0.29) is 23.8 Å². The highest BCUT2D eigenvalue weighted by molar-refractivity contribution is 5.96. The van der Waals surface area contributed by atoms with Gasteiger partial charge in [0.15, 0.2) is 5.78 Å². The van der Waals surface area contributed by atoms with Gasteiger partial charge in [0.05, 0.1) is 29.5 Å². The molecule has 3 aliphatic heterocycles. The summed E-state index contributed by atoms with van der Waals surface area (Å²) >= 11 is 0. The standard InChI is InChI=1S/C21H32N4O3.CH2O2/c1-13-20(15(3)26)14(2)25(22-13)9-7-19(27)24-11-17-16(10-23(4)5)18-6-8-21(17,12-24)28-18;2-1-3/h16-18H,6-12H2,1-5H3;1H,(H,2,3)/t16-,17+,18+,21+;/m1./s1. The molecule has 0 aliphatic carbocycles. The van der Waals surface area contributed by atoms with Crippen molar-refractivity contribution in [2.45, 2.75) is 58.3 Å². The number of ether oxygens (including phenoxy) is 1. The van der Waals surface area contributed by atoms with Crippen LogP contribution in [0, 0.1) is 25.7 Å². The van der Waals surface area contributed by atoms with E-state index in [1.54, 1.807) is 11.6 Å². The van der Waals surface area contributed by atoms with E-state index in [0.29, 0.717) is 36.5 Å². The number of ketones is 1. The van der Waals surface area contributed by atoms with Crippen molar-refractivity contribution >= 4 is 18.2 Å². The zero-order valence-corrected chi connectivity index (χ0v) is 19.1. The van der Waals surface area contributed by atoms with Crippen LogP contribution in [0.4, 0.5) is 0 Å². The fourth-order valence-corrected chi connectivity index (χ4v) is 5.83. The molecule has 3 aliphatic rings. The molecule has 3 fully saturated rings. The largest absolute Gasteiger partial charge is 0.483 e. The van der Waals surface area contributed by atoms with Crippen molar-refractivity contribution in [1.82, 2.24) is 19.6 Å². The predicted molar refractivity (Wildman–Crippen MR) is 114 cm³/mol. The number of carbonyl (C=O) groups excluding carboxylic acids is 2. The number of aromatic nitrogens is 2. The van der Waals surface area contributed by atoms with E-state index in [4.69, 9.17) is 14.6 Å². The van der Waals surface area contributed by atoms with Crippen molar-refractivity contribution in [2.75, 3.05) is 33.7 Å². The molecule has 0 radical (unpaired) electrons. The number of carboxylic acid groups (broad SMARTS) is 1. The lowest BCUT2D eigenvalue weighted by molar-refractivity contribution is -0.132. The average molecular weight is 435 g/mol. The molecule has 1 aromatic heterocycles. The Morgan fingerprint density at radius 1 is 1.35 bits per heavy atom. The maximum atomic E-state index is 12.9. The molecule has 4 atom stereocenters. The third-order valence-corrected chi connectivity index (χ3v) is 6.98. The number of Topliss-reactive ketones (excluding diaryl/α,β-unsaturated/α-hetero) is 1. The third-order valence-electron chi connectivity index (χ3n) is 6.98. The minimum Gasteiger partial charge on any atom is -0.483 e. The minimum absolute atomic E-state index is 0.0268. The molecule has 172 valence electrons. The molecular weight excluding hydrogens is 400 g/mol. The van der Waals surface area contributed by atoms with Crippen molar-refractivity contribution < 1.29 is 24.2 Å². The van der Waals surface area contributed by atoms with Crippen LogP contribution in [0.3, 0.4) is 0 Å². The van der Waals surface area contributed by atoms with E-state index in [1.165, 1.54) is 0 Å². The van der Waals surface area contributed by atoms with Crippen LogP contribution in [0.25, 0.3) is 0 Å². The van der Waals surface area contributed by atoms with Gasteiger partial charge in [-0.25, -0.2) is 0 Å². The van der Waals surface area contributed by atoms with Crippen LogP contribution in [0.15, 0.2) is 0 Å². The number of nitrogens with zero attached hydrogens (tertiary/aromatic N) is 4. The second-order valence-corrected chi connectivity index (χ2v) is 9.25. The van der Waals surface area contributed by atoms with E-state index >= 15 is 0 Å². The van der Waals surface area contributed by atoms with Gasteiger partial charge in [-0.05, 0) is 47.7 Å². The first-order valence-electron chi connectivity index (χ1n) is 10.9. The van der Waals surface area contributed by atoms with Crippen LogP contribution in [0.1, 0.15) is 47.9 Å². The predicted octanol–water partition coefficient (Wildman–Crippen LogP) is 1.36. The molecule has 0 saturated carbocycles. The highest BCUT2D eigenvalue weighted by Gasteiger charge is 2.63. The first-order valence-corrected chi connectivity index (χ1v) is 10.9. The van der Waals surface area contributed by atoms with Crippen LogP contribution in [-0.4, -0.2) is 88.3 Å². The minimum atomic E-state index is -0.250. The van der Waals surface area contributed by atoms with Crippen LogP contribution in [-0.2, 0) is 20.9 Å². The van der Waals surface area contributed by atoms with Gasteiger partial charge in [-0.2, -0.15) is 5.10 Å². The molecule has 4 rings (SSSR count). The Balaban J connectivity index is 0.000000858. The second kappa shape index (κ2) is 9.08. The highest BCUT2D eigenvalue weighted by atomic mass is 16.5. The van der Waals surface area contributed by atoms with Crippen LogP contribution in [0.2, 0.25) is 0 Å². The fraction of sp³-hybridized carbons (Fsp3) is 0.727. The Hall–Kier alpha value is -2.26. The van der Waals surface area contributed by atoms with Crippen LogP contribution in [0.5, 0.6) is 0 Å². The quantitative estimate of drug-likeness (QED) is 0.532. The van der Waals surface area contributed by atoms with E-state index in [9.17, 15) is 9.59 Å². The Morgan fingerprint density at radius 2 is 2.03 bits per heavy atom. The summed E-state index contributed by atoms with van der Waals surface area (Å²) in [7, 11) is 4.22. The van der Waals surface area contributed by atoms with Gasteiger partial charge in [0.1, 0.15) is 0 Å². The number of hydrogen-bond acceptors (Lipinski definition) is 6. The van der Waals surface area contributed by atoms with Crippen molar-refractivity contribution in [1.29, 1.82) is 0 Å². The molecule has 9 heteroatoms. The van der Waals surface area contributed by atoms with Gasteiger partial charge in [-0.15, -0.1) is 0 Å². The van der Waals surface area contributed by atoms with Crippen LogP contribution < -0.4 is 0 Å². The summed E-state index contributed by atoms with van der Waals surface area (Å²) in [6, 6.07) is 0. The zero-order valence-electron chi connectivity index (χ0n) is 19.1. The first kappa shape index (κ1) is 23.4. The maximum absolute atomic E-state index is 12.9. The summed E-state index contributed by atoms with van der Waals surface area (Å²) < 4.78 is 8.23. The second-order valence-electron chi connectivity index (χ2n) is 9.25. The Morgan fingerprint density at radius 3 is 2.61 bits per heavy atom. The van der Waals surface area contributed by atoms with Crippen molar-refractivity contribution in [3.05, 3.63) is 17.0 Å². The topological polar surface area (TPSA) is 105 Å². The molecule has 1 amide bonds. The number of amides is 1. The molecule has 9 nitrogen and oxygen atoms in total. The van der Waals surface area contributed by atoms with Crippen molar-refractivity contribution in [2.24, 2.45) is 11.8 Å². The molecule has 0 aromatic carbocycles. The third kappa shape index (κ3) is 4.39. The van der Waals surface area contributed by atoms with Gasteiger partial charge in [-0.1, -0.05) is 0 Å². The number of hydrogen-bond donors (Lipinski definition) is 1. The molecule has 1 N–H and O–H groups in total. The number of fused-ring (bicyclic) bond motifs is 1. The number of likely N-dealkylation sites (tertiary alicyclic amines) is 1. The summed E-state index contributed by atoms with van der Waals surface area (Å²) in [5.41, 5.74) is 2.16. The van der Waals surface area contributed by atoms with Crippen molar-refractivity contribution in [3.8, 4) is 0 Å². The summed E-state index contributed by atoms with van der Waals surface area (Å²) in [6.45, 7) is 8.14. The molecule has 31 heavy (non-hydrogen) atoms. The smallest absolute Gasteiger partial charge is 0.290 e. The SMILES string of the molecule is CC(=O)c1c(C)nn(CCC(=O)N2C[C@H]3[C@@H](CN(C)C)[C@@H]4CC[C@@]3(C2)O4)c1C.O=CO. The van der Waals surface area contributed by atoms with Gasteiger partial charge in [0.25, 0.3) is 6.47 Å². The molecule has 1 spiro atoms. The maximum Gasteiger partial charge on any atom is 0.290 e. The van der Waals surface area contributed by atoms with Crippen LogP contribution >= 0.6 is 0 Å². The zero-order chi connectivity index (χ0) is 22.9. The van der Waals surface area contributed by atoms with E-state index in [0.717, 1.165) is 43.9 Å². The average Bonchev–Trinajstić information content (AvgIpc) is 3.40. The molecule has 0 unspecified atom stereocenters.